The average molecular weight is 1840 g/mol. The van der Waals surface area contributed by atoms with Crippen molar-refractivity contribution in [3.8, 4) is 57.1 Å². The molecule has 0 saturated heterocycles. The maximum absolute atomic E-state index is 10.7. The number of pyridine rings is 2. The molecule has 6 aromatic carbocycles. The predicted molar refractivity (Wildman–Crippen MR) is 426 cm³/mol. The van der Waals surface area contributed by atoms with E-state index in [1.54, 1.807) is 0 Å². The van der Waals surface area contributed by atoms with E-state index in [9.17, 15) is 50.4 Å². The molecule has 4 heterocycles. The molecule has 0 fully saturated rings. The molecule has 650 valence electrons. The van der Waals surface area contributed by atoms with Crippen LogP contribution in [0, 0.1) is 0 Å². The SMILES string of the molecule is CC12c3ccccc3C3(C)c4cc5c(cc41)OCCOCCOCCOc1cc4c(cc1OCCOCCOCCO5)C1(C)c5ccccc5C4(C)c4cc5c(cc41)OCCOCCOCCOc1cc3c2cc1OCCOCCOCCO5.ClC(Cl)Cl.ClC(Cl)Cl.F[P-](F)(F)(F)(F)F.F[P-](F)(F)(F)(F)F.c1cc(-c2cc[nH+]cc2)cc[nH+]1. The van der Waals surface area contributed by atoms with Gasteiger partial charge in [-0.1, -0.05) is 118 Å². The number of hydrogen-bond donors (Lipinski definition) is 0. The molecule has 118 heavy (non-hydrogen) atoms. The zero-order valence-electron chi connectivity index (χ0n) is 64.2. The van der Waals surface area contributed by atoms with Crippen molar-refractivity contribution in [2.24, 2.45) is 0 Å². The maximum atomic E-state index is 9.87. The predicted octanol–water partition coefficient (Wildman–Crippen LogP) is 21.0. The van der Waals surface area contributed by atoms with Gasteiger partial charge in [-0.2, -0.15) is 0 Å². The molecule has 16 rings (SSSR count). The number of aromatic nitrogens is 2. The van der Waals surface area contributed by atoms with E-state index >= 15 is 0 Å². The van der Waals surface area contributed by atoms with Crippen LogP contribution in [0.4, 0.5) is 50.4 Å². The van der Waals surface area contributed by atoms with E-state index < -0.39 is 45.9 Å². The van der Waals surface area contributed by atoms with Gasteiger partial charge in [0, 0.05) is 45.9 Å². The Morgan fingerprint density at radius 2 is 0.364 bits per heavy atom. The van der Waals surface area contributed by atoms with Crippen molar-refractivity contribution in [3.05, 3.63) is 213 Å². The normalized spacial score (nSPS) is 22.7. The second-order valence-electron chi connectivity index (χ2n) is 27.6. The number of nitrogens with one attached hydrogen (secondary N) is 2. The molecule has 2 N–H and O–H groups in total. The minimum atomic E-state index is -10.7. The summed E-state index contributed by atoms with van der Waals surface area (Å²) in [5, 5.41) is 0. The molecule has 18 nitrogen and oxygen atoms in total. The van der Waals surface area contributed by atoms with Gasteiger partial charge in [0.15, 0.2) is 79.4 Å². The van der Waals surface area contributed by atoms with Gasteiger partial charge in [-0.3, -0.25) is 0 Å². The number of H-pyrrole nitrogens is 2. The summed E-state index contributed by atoms with van der Waals surface area (Å²) in [6.07, 6.45) is 7.69. The van der Waals surface area contributed by atoms with E-state index in [1.807, 2.05) is 24.8 Å². The van der Waals surface area contributed by atoms with E-state index in [0.717, 1.165) is 44.5 Å². The van der Waals surface area contributed by atoms with Crippen LogP contribution in [0.2, 0.25) is 0 Å². The summed E-state index contributed by atoms with van der Waals surface area (Å²) in [7, 11) is -21.3. The van der Waals surface area contributed by atoms with Crippen LogP contribution in [0.15, 0.2) is 146 Å². The van der Waals surface area contributed by atoms with Crippen molar-refractivity contribution in [1.29, 1.82) is 0 Å². The second-order valence-corrected chi connectivity index (χ2v) is 35.4. The molecule has 0 radical (unpaired) electrons. The minimum absolute atomic E-state index is 0.286. The largest absolute Gasteiger partial charge is 0.218 e. The van der Waals surface area contributed by atoms with Crippen LogP contribution >= 0.6 is 85.2 Å². The first-order chi connectivity index (χ1) is 55.6. The molecule has 6 aliphatic carbocycles. The van der Waals surface area contributed by atoms with Crippen molar-refractivity contribution < 1.29 is 136 Å². The molecule has 8 aromatic rings. The number of alkyl halides is 6. The van der Waals surface area contributed by atoms with Gasteiger partial charge in [0.25, 0.3) is 0 Å². The van der Waals surface area contributed by atoms with E-state index in [-0.39, 0.29) is 52.9 Å². The van der Waals surface area contributed by atoms with Gasteiger partial charge in [-0.15, -0.1) is 0 Å². The van der Waals surface area contributed by atoms with Gasteiger partial charge >= 0.3 is 66.0 Å². The first-order valence-electron chi connectivity index (χ1n) is 37.1. The fourth-order valence-corrected chi connectivity index (χ4v) is 15.0. The first-order valence-corrected chi connectivity index (χ1v) is 43.7. The molecule has 38 heteroatoms. The minimum Gasteiger partial charge on any atom is -0.218 e. The Bertz CT molecular complexity index is 4000. The summed E-state index contributed by atoms with van der Waals surface area (Å²) in [4.78, 5) is 5.99. The summed E-state index contributed by atoms with van der Waals surface area (Å²) in [6, 6.07) is 42.9. The zero-order chi connectivity index (χ0) is 85.3. The van der Waals surface area contributed by atoms with Crippen molar-refractivity contribution in [1.82, 2.24) is 0 Å². The third kappa shape index (κ3) is 25.8. The Morgan fingerprint density at radius 1 is 0.237 bits per heavy atom. The van der Waals surface area contributed by atoms with Crippen LogP contribution in [0.5, 0.6) is 46.0 Å². The standard InChI is InChI=1S/C68H76O16.C10H8N2.2CHCl3.2F6P/c1-65-45-9-5-6-10-46(45)66(2)51-39-59-57(37-49(51)65)77-29-21-69-13-15-73-25-33-81-61-41-53-55(43-63(61)83-35-27-75-19-17-71-23-31-79-59)68(4)48-12-8-7-11-47(48)67(53,3)54-42-62-64(44-56(54)68)84-36-28-76-20-18-72-24-32-80-60-40-52(66)50(65)38-58(60)78-30-22-70-14-16-74-26-34-82-62;1-5-11-6-2-9(1)10-3-7-12-8-4-10;2*2-1(3)4;2*1-7(2,3,4,5)6/h5-12,37-44H,13-36H2,1-4H3;1-8H;2*1H;;/q;;;;2*-1/p+2. The van der Waals surface area contributed by atoms with E-state index in [0.29, 0.717) is 152 Å². The van der Waals surface area contributed by atoms with Gasteiger partial charge < -0.3 is 75.8 Å². The number of rotatable bonds is 1. The summed E-state index contributed by atoms with van der Waals surface area (Å²) >= 11 is 28.8. The quantitative estimate of drug-likeness (QED) is 0.0861. The average Bonchev–Trinajstić information content (AvgIpc) is 0.667. The third-order valence-electron chi connectivity index (χ3n) is 19.8. The molecule has 0 saturated carbocycles. The summed E-state index contributed by atoms with van der Waals surface area (Å²) in [6.45, 7) is 17.1. The molecular weight excluding hydrogens is 1750 g/mol. The van der Waals surface area contributed by atoms with Gasteiger partial charge in [0.2, 0.25) is 0 Å². The van der Waals surface area contributed by atoms with E-state index in [2.05, 4.69) is 159 Å². The monoisotopic (exact) mass is 1830 g/mol. The maximum Gasteiger partial charge on any atom is 0.167 e. The van der Waals surface area contributed by atoms with Crippen molar-refractivity contribution in [2.75, 3.05) is 159 Å². The molecule has 2 aromatic heterocycles. The molecule has 2 aliphatic heterocycles. The number of benzene rings is 6. The van der Waals surface area contributed by atoms with Crippen LogP contribution in [0.1, 0.15) is 94.5 Å². The topological polar surface area (TPSA) is 176 Å². The number of aromatic amines is 2. The van der Waals surface area contributed by atoms with Crippen molar-refractivity contribution in [3.63, 3.8) is 0 Å². The summed E-state index contributed by atoms with van der Waals surface area (Å²) in [5.41, 5.74) is 13.7. The van der Waals surface area contributed by atoms with Crippen LogP contribution in [0.3, 0.4) is 0 Å². The fraction of sp³-hybridized carbons (Fsp3) is 0.425. The van der Waals surface area contributed by atoms with Gasteiger partial charge in [-0.05, 0) is 154 Å². The Morgan fingerprint density at radius 3 is 0.500 bits per heavy atom. The molecule has 0 atom stereocenters. The molecule has 0 amide bonds. The Kier molecular flexibility index (Phi) is 30.6. The van der Waals surface area contributed by atoms with Crippen molar-refractivity contribution in [2.45, 2.75) is 57.9 Å². The summed E-state index contributed by atoms with van der Waals surface area (Å²) in [5.74, 6) is 4.96. The van der Waals surface area contributed by atoms with Crippen LogP contribution < -0.4 is 47.9 Å². The van der Waals surface area contributed by atoms with Crippen molar-refractivity contribution >= 4 is 85.2 Å². The Hall–Kier alpha value is -6.54. The zero-order valence-corrected chi connectivity index (χ0v) is 70.5. The van der Waals surface area contributed by atoms with Crippen LogP contribution in [-0.2, 0) is 59.6 Å². The second kappa shape index (κ2) is 38.5. The van der Waals surface area contributed by atoms with E-state index in [1.165, 1.54) is 33.4 Å². The molecule has 4 bridgehead atoms. The molecular formula is C80H88Cl6F12N2O16P2. The Labute approximate surface area is 703 Å². The molecule has 0 spiro atoms. The fourth-order valence-electron chi connectivity index (χ4n) is 15.0. The number of ether oxygens (including phenoxy) is 16. The van der Waals surface area contributed by atoms with E-state index in [4.69, 9.17) is 145 Å². The molecule has 8 aliphatic rings. The Balaban J connectivity index is 0.000000359. The number of fused-ring (bicyclic) bond motifs is 4. The number of halogens is 18. The van der Waals surface area contributed by atoms with Gasteiger partial charge in [0.1, 0.15) is 52.9 Å². The first kappa shape index (κ1) is 93.7. The smallest absolute Gasteiger partial charge is 0.167 e. The summed E-state index contributed by atoms with van der Waals surface area (Å²) < 4.78 is 219. The van der Waals surface area contributed by atoms with Gasteiger partial charge in [0.05, 0.1) is 106 Å². The van der Waals surface area contributed by atoms with Gasteiger partial charge in [-0.25, -0.2) is 9.97 Å². The van der Waals surface area contributed by atoms with Crippen LogP contribution in [0.25, 0.3) is 11.1 Å². The third-order valence-corrected chi connectivity index (χ3v) is 19.8. The molecule has 0 unspecified atom stereocenters. The number of hydrogen-bond acceptors (Lipinski definition) is 16. The van der Waals surface area contributed by atoms with Crippen LogP contribution in [-0.4, -0.2) is 167 Å².